The van der Waals surface area contributed by atoms with Gasteiger partial charge >= 0.3 is 6.18 Å². The van der Waals surface area contributed by atoms with Crippen molar-refractivity contribution in [3.05, 3.63) is 12.1 Å². The fourth-order valence-corrected chi connectivity index (χ4v) is 1.38. The van der Waals surface area contributed by atoms with Crippen molar-refractivity contribution in [2.24, 2.45) is 0 Å². The van der Waals surface area contributed by atoms with Crippen molar-refractivity contribution in [1.29, 1.82) is 0 Å². The zero-order valence-corrected chi connectivity index (χ0v) is 11.0. The lowest BCUT2D eigenvalue weighted by Crippen LogP contribution is -2.25. The Morgan fingerprint density at radius 2 is 2.05 bits per heavy atom. The molecular weight excluding hydrogens is 259 g/mol. The molecule has 0 aliphatic carbocycles. The SMILES string of the molecule is CCCOc1nc(N(C)CCC(F)(F)F)ccc1N. The molecule has 0 fully saturated rings. The third-order valence-corrected chi connectivity index (χ3v) is 2.44. The van der Waals surface area contributed by atoms with Crippen LogP contribution in [-0.2, 0) is 0 Å². The lowest BCUT2D eigenvalue weighted by Gasteiger charge is -2.20. The van der Waals surface area contributed by atoms with Crippen LogP contribution in [0.1, 0.15) is 19.8 Å². The highest BCUT2D eigenvalue weighted by molar-refractivity contribution is 5.54. The molecule has 19 heavy (non-hydrogen) atoms. The van der Waals surface area contributed by atoms with Crippen LogP contribution in [-0.4, -0.2) is 31.4 Å². The van der Waals surface area contributed by atoms with E-state index in [-0.39, 0.29) is 12.4 Å². The average Bonchev–Trinajstić information content (AvgIpc) is 2.34. The monoisotopic (exact) mass is 277 g/mol. The number of nitrogens with two attached hydrogens (primary N) is 1. The number of hydrogen-bond donors (Lipinski definition) is 1. The van der Waals surface area contributed by atoms with E-state index in [0.29, 0.717) is 18.1 Å². The van der Waals surface area contributed by atoms with Gasteiger partial charge in [0.15, 0.2) is 0 Å². The third-order valence-electron chi connectivity index (χ3n) is 2.44. The number of halogens is 3. The topological polar surface area (TPSA) is 51.4 Å². The number of nitrogen functional groups attached to an aromatic ring is 1. The van der Waals surface area contributed by atoms with E-state index in [1.165, 1.54) is 4.90 Å². The number of pyridine rings is 1. The summed E-state index contributed by atoms with van der Waals surface area (Å²) in [6, 6.07) is 3.15. The smallest absolute Gasteiger partial charge is 0.390 e. The number of rotatable bonds is 6. The van der Waals surface area contributed by atoms with Crippen LogP contribution in [0.25, 0.3) is 0 Å². The summed E-state index contributed by atoms with van der Waals surface area (Å²) in [5.41, 5.74) is 6.06. The first-order valence-corrected chi connectivity index (χ1v) is 6.00. The highest BCUT2D eigenvalue weighted by Gasteiger charge is 2.27. The summed E-state index contributed by atoms with van der Waals surface area (Å²) >= 11 is 0. The maximum absolute atomic E-state index is 12.1. The van der Waals surface area contributed by atoms with Gasteiger partial charge in [-0.25, -0.2) is 0 Å². The van der Waals surface area contributed by atoms with E-state index in [2.05, 4.69) is 4.98 Å². The van der Waals surface area contributed by atoms with Gasteiger partial charge < -0.3 is 15.4 Å². The van der Waals surface area contributed by atoms with E-state index in [4.69, 9.17) is 10.5 Å². The second-order valence-electron chi connectivity index (χ2n) is 4.20. The highest BCUT2D eigenvalue weighted by atomic mass is 19.4. The van der Waals surface area contributed by atoms with Crippen molar-refractivity contribution in [2.75, 3.05) is 30.8 Å². The van der Waals surface area contributed by atoms with Crippen molar-refractivity contribution in [3.8, 4) is 5.88 Å². The molecule has 0 aliphatic heterocycles. The lowest BCUT2D eigenvalue weighted by atomic mass is 10.3. The van der Waals surface area contributed by atoms with Crippen molar-refractivity contribution < 1.29 is 17.9 Å². The van der Waals surface area contributed by atoms with Crippen molar-refractivity contribution >= 4 is 11.5 Å². The molecule has 108 valence electrons. The number of aromatic nitrogens is 1. The Balaban J connectivity index is 2.71. The maximum Gasteiger partial charge on any atom is 0.390 e. The van der Waals surface area contributed by atoms with E-state index in [0.717, 1.165) is 6.42 Å². The molecule has 1 aromatic rings. The summed E-state index contributed by atoms with van der Waals surface area (Å²) in [5.74, 6) is 0.669. The zero-order valence-electron chi connectivity index (χ0n) is 11.0. The fourth-order valence-electron chi connectivity index (χ4n) is 1.38. The molecule has 7 heteroatoms. The van der Waals surface area contributed by atoms with Gasteiger partial charge in [0.1, 0.15) is 5.82 Å². The number of anilines is 2. The van der Waals surface area contributed by atoms with E-state index < -0.39 is 12.6 Å². The standard InChI is InChI=1S/C12H18F3N3O/c1-3-8-19-11-9(16)4-5-10(17-11)18(2)7-6-12(13,14)15/h4-5H,3,6-8,16H2,1-2H3. The molecule has 0 unspecified atom stereocenters. The Kier molecular flexibility index (Phi) is 5.26. The molecule has 4 nitrogen and oxygen atoms in total. The van der Waals surface area contributed by atoms with Gasteiger partial charge in [0.2, 0.25) is 5.88 Å². The van der Waals surface area contributed by atoms with E-state index >= 15 is 0 Å². The van der Waals surface area contributed by atoms with Crippen LogP contribution < -0.4 is 15.4 Å². The number of ether oxygens (including phenoxy) is 1. The Labute approximate surface area is 110 Å². The third kappa shape index (κ3) is 5.23. The van der Waals surface area contributed by atoms with Gasteiger partial charge in [0.25, 0.3) is 0 Å². The van der Waals surface area contributed by atoms with Gasteiger partial charge in [-0.1, -0.05) is 6.92 Å². The second kappa shape index (κ2) is 6.49. The molecule has 1 aromatic heterocycles. The summed E-state index contributed by atoms with van der Waals surface area (Å²) in [5, 5.41) is 0. The Morgan fingerprint density at radius 3 is 2.63 bits per heavy atom. The van der Waals surface area contributed by atoms with Crippen LogP contribution in [0, 0.1) is 0 Å². The summed E-state index contributed by atoms with van der Waals surface area (Å²) in [7, 11) is 1.55. The molecule has 1 rings (SSSR count). The molecule has 1 heterocycles. The first-order valence-electron chi connectivity index (χ1n) is 6.00. The Morgan fingerprint density at radius 1 is 1.37 bits per heavy atom. The quantitative estimate of drug-likeness (QED) is 0.868. The summed E-state index contributed by atoms with van der Waals surface area (Å²) in [4.78, 5) is 5.54. The molecule has 0 atom stereocenters. The van der Waals surface area contributed by atoms with Gasteiger partial charge in [-0.05, 0) is 18.6 Å². The number of alkyl halides is 3. The van der Waals surface area contributed by atoms with Crippen molar-refractivity contribution in [1.82, 2.24) is 4.98 Å². The van der Waals surface area contributed by atoms with E-state index in [1.807, 2.05) is 6.92 Å². The molecule has 0 aliphatic rings. The van der Waals surface area contributed by atoms with E-state index in [1.54, 1.807) is 19.2 Å². The van der Waals surface area contributed by atoms with E-state index in [9.17, 15) is 13.2 Å². The minimum atomic E-state index is -4.18. The Hall–Kier alpha value is -1.66. The van der Waals surface area contributed by atoms with Gasteiger partial charge in [0, 0.05) is 13.6 Å². The van der Waals surface area contributed by atoms with Crippen LogP contribution in [0.5, 0.6) is 5.88 Å². The molecular formula is C12H18F3N3O. The minimum Gasteiger partial charge on any atom is -0.476 e. The molecule has 0 saturated heterocycles. The lowest BCUT2D eigenvalue weighted by molar-refractivity contribution is -0.132. The normalized spacial score (nSPS) is 11.4. The Bertz CT molecular complexity index is 410. The maximum atomic E-state index is 12.1. The molecule has 0 radical (unpaired) electrons. The largest absolute Gasteiger partial charge is 0.476 e. The number of hydrogen-bond acceptors (Lipinski definition) is 4. The molecule has 0 spiro atoms. The van der Waals surface area contributed by atoms with Crippen LogP contribution in [0.4, 0.5) is 24.7 Å². The van der Waals surface area contributed by atoms with Crippen LogP contribution in [0.2, 0.25) is 0 Å². The van der Waals surface area contributed by atoms with Crippen LogP contribution >= 0.6 is 0 Å². The predicted octanol–water partition coefficient (Wildman–Crippen LogP) is 2.84. The molecule has 0 amide bonds. The summed E-state index contributed by atoms with van der Waals surface area (Å²) in [6.07, 6.45) is -4.26. The summed E-state index contributed by atoms with van der Waals surface area (Å²) in [6.45, 7) is 2.25. The van der Waals surface area contributed by atoms with Gasteiger partial charge in [0.05, 0.1) is 18.7 Å². The molecule has 0 bridgehead atoms. The molecule has 0 aromatic carbocycles. The molecule has 2 N–H and O–H groups in total. The first kappa shape index (κ1) is 15.4. The molecule has 0 saturated carbocycles. The van der Waals surface area contributed by atoms with Crippen molar-refractivity contribution in [2.45, 2.75) is 25.9 Å². The number of nitrogens with zero attached hydrogens (tertiary/aromatic N) is 2. The zero-order chi connectivity index (χ0) is 14.5. The van der Waals surface area contributed by atoms with Gasteiger partial charge in [-0.3, -0.25) is 0 Å². The predicted molar refractivity (Wildman–Crippen MR) is 68.4 cm³/mol. The minimum absolute atomic E-state index is 0.159. The summed E-state index contributed by atoms with van der Waals surface area (Å²) < 4.78 is 41.8. The second-order valence-corrected chi connectivity index (χ2v) is 4.20. The van der Waals surface area contributed by atoms with Crippen molar-refractivity contribution in [3.63, 3.8) is 0 Å². The first-order chi connectivity index (χ1) is 8.83. The van der Waals surface area contributed by atoms with Crippen LogP contribution in [0.3, 0.4) is 0 Å². The average molecular weight is 277 g/mol. The van der Waals surface area contributed by atoms with Gasteiger partial charge in [-0.15, -0.1) is 0 Å². The van der Waals surface area contributed by atoms with Gasteiger partial charge in [-0.2, -0.15) is 18.2 Å². The highest BCUT2D eigenvalue weighted by Crippen LogP contribution is 2.25. The van der Waals surface area contributed by atoms with Crippen LogP contribution in [0.15, 0.2) is 12.1 Å². The fraction of sp³-hybridized carbons (Fsp3) is 0.583.